The standard InChI is InChI=1S/C15H18N2O2S.C8H10.Ru/c1-20(18,19)17-15(13-10-6-3-7-11-13)14(16)12-8-4-2-5-9-12;1-7-5-3-4-6-8(7)2;/h2-11,14-15,17H,16H2,1H3;3-6H,1-2H3;/t14-,15-;;/m0../s1. The van der Waals surface area contributed by atoms with Gasteiger partial charge in [0.15, 0.2) is 0 Å². The molecule has 0 saturated carbocycles. The monoisotopic (exact) mass is 498 g/mol. The molecule has 0 aromatic heterocycles. The summed E-state index contributed by atoms with van der Waals surface area (Å²) in [6.07, 6.45) is 1.14. The van der Waals surface area contributed by atoms with Crippen LogP contribution in [0.15, 0.2) is 84.9 Å². The van der Waals surface area contributed by atoms with Crippen molar-refractivity contribution in [2.75, 3.05) is 6.26 Å². The second-order valence-corrected chi connectivity index (χ2v) is 8.58. The molecule has 0 unspecified atom stereocenters. The molecule has 3 aromatic carbocycles. The van der Waals surface area contributed by atoms with Gasteiger partial charge < -0.3 is 5.73 Å². The molecule has 0 heterocycles. The Morgan fingerprint density at radius 2 is 1.10 bits per heavy atom. The van der Waals surface area contributed by atoms with Crippen molar-refractivity contribution >= 4 is 10.0 Å². The zero-order valence-electron chi connectivity index (χ0n) is 16.9. The van der Waals surface area contributed by atoms with Crippen LogP contribution in [0.1, 0.15) is 34.3 Å². The fourth-order valence-corrected chi connectivity index (χ4v) is 3.51. The van der Waals surface area contributed by atoms with Gasteiger partial charge in [0, 0.05) is 19.5 Å². The van der Waals surface area contributed by atoms with E-state index in [0.29, 0.717) is 0 Å². The third-order valence-electron chi connectivity index (χ3n) is 4.47. The molecule has 4 nitrogen and oxygen atoms in total. The van der Waals surface area contributed by atoms with Gasteiger partial charge in [-0.25, -0.2) is 13.1 Å². The average Bonchev–Trinajstić information content (AvgIpc) is 2.69. The molecule has 0 bridgehead atoms. The van der Waals surface area contributed by atoms with E-state index >= 15 is 0 Å². The van der Waals surface area contributed by atoms with E-state index in [1.165, 1.54) is 11.1 Å². The van der Waals surface area contributed by atoms with E-state index in [1.54, 1.807) is 0 Å². The minimum absolute atomic E-state index is 0. The van der Waals surface area contributed by atoms with Gasteiger partial charge in [0.2, 0.25) is 10.0 Å². The molecule has 3 aromatic rings. The van der Waals surface area contributed by atoms with E-state index in [-0.39, 0.29) is 19.5 Å². The van der Waals surface area contributed by atoms with Crippen molar-refractivity contribution in [1.29, 1.82) is 0 Å². The van der Waals surface area contributed by atoms with Crippen LogP contribution in [0.4, 0.5) is 0 Å². The van der Waals surface area contributed by atoms with Crippen molar-refractivity contribution in [3.63, 3.8) is 0 Å². The van der Waals surface area contributed by atoms with Crippen molar-refractivity contribution in [3.8, 4) is 0 Å². The molecule has 0 aliphatic rings. The number of aryl methyl sites for hydroxylation is 2. The van der Waals surface area contributed by atoms with E-state index in [4.69, 9.17) is 5.73 Å². The van der Waals surface area contributed by atoms with Gasteiger partial charge in [0.25, 0.3) is 0 Å². The Balaban J connectivity index is 0.000000394. The topological polar surface area (TPSA) is 72.2 Å². The minimum Gasteiger partial charge on any atom is -0.322 e. The molecule has 0 spiro atoms. The molecule has 29 heavy (non-hydrogen) atoms. The maximum atomic E-state index is 11.6. The molecule has 0 saturated heterocycles. The predicted molar refractivity (Wildman–Crippen MR) is 116 cm³/mol. The van der Waals surface area contributed by atoms with E-state index in [0.717, 1.165) is 17.4 Å². The average molecular weight is 498 g/mol. The first kappa shape index (κ1) is 25.2. The van der Waals surface area contributed by atoms with Gasteiger partial charge in [0.05, 0.1) is 18.3 Å². The van der Waals surface area contributed by atoms with Crippen LogP contribution in [0.2, 0.25) is 0 Å². The summed E-state index contributed by atoms with van der Waals surface area (Å²) in [7, 11) is -3.35. The van der Waals surface area contributed by atoms with E-state index < -0.39 is 22.1 Å². The summed E-state index contributed by atoms with van der Waals surface area (Å²) in [5.74, 6) is 0. The summed E-state index contributed by atoms with van der Waals surface area (Å²) in [4.78, 5) is 0. The fourth-order valence-electron chi connectivity index (χ4n) is 2.77. The first-order valence-electron chi connectivity index (χ1n) is 9.13. The van der Waals surface area contributed by atoms with Crippen LogP contribution < -0.4 is 10.5 Å². The maximum Gasteiger partial charge on any atom is 0.209 e. The Hall–Kier alpha value is -1.85. The molecule has 3 N–H and O–H groups in total. The Morgan fingerprint density at radius 1 is 0.724 bits per heavy atom. The van der Waals surface area contributed by atoms with Crippen molar-refractivity contribution in [3.05, 3.63) is 107 Å². The van der Waals surface area contributed by atoms with Crippen LogP contribution in [0.3, 0.4) is 0 Å². The minimum atomic E-state index is -3.35. The zero-order valence-corrected chi connectivity index (χ0v) is 19.4. The van der Waals surface area contributed by atoms with Gasteiger partial charge in [-0.1, -0.05) is 84.9 Å². The number of hydrogen-bond donors (Lipinski definition) is 2. The Labute approximate surface area is 187 Å². The quantitative estimate of drug-likeness (QED) is 0.517. The van der Waals surface area contributed by atoms with Gasteiger partial charge in [0.1, 0.15) is 0 Å². The number of hydrogen-bond acceptors (Lipinski definition) is 3. The van der Waals surface area contributed by atoms with Crippen LogP contribution in [0.5, 0.6) is 0 Å². The van der Waals surface area contributed by atoms with Crippen molar-refractivity contribution in [2.24, 2.45) is 5.73 Å². The van der Waals surface area contributed by atoms with Gasteiger partial charge in [-0.15, -0.1) is 0 Å². The van der Waals surface area contributed by atoms with Crippen LogP contribution >= 0.6 is 0 Å². The molecule has 3 rings (SSSR count). The summed E-state index contributed by atoms with van der Waals surface area (Å²) in [6.45, 7) is 4.24. The normalized spacial score (nSPS) is 12.7. The van der Waals surface area contributed by atoms with E-state index in [2.05, 4.69) is 42.8 Å². The fraction of sp³-hybridized carbons (Fsp3) is 0.217. The molecule has 0 amide bonds. The first-order chi connectivity index (χ1) is 13.3. The van der Waals surface area contributed by atoms with Gasteiger partial charge >= 0.3 is 0 Å². The number of benzene rings is 3. The second-order valence-electron chi connectivity index (χ2n) is 6.80. The third kappa shape index (κ3) is 8.59. The van der Waals surface area contributed by atoms with Gasteiger partial charge in [-0.2, -0.15) is 0 Å². The van der Waals surface area contributed by atoms with Crippen molar-refractivity contribution < 1.29 is 27.9 Å². The third-order valence-corrected chi connectivity index (χ3v) is 5.15. The Bertz CT molecular complexity index is 943. The van der Waals surface area contributed by atoms with Crippen LogP contribution in [-0.2, 0) is 29.5 Å². The number of nitrogens with two attached hydrogens (primary N) is 1. The summed E-state index contributed by atoms with van der Waals surface area (Å²) in [5.41, 5.74) is 10.7. The van der Waals surface area contributed by atoms with Crippen LogP contribution in [0.25, 0.3) is 0 Å². The molecule has 0 aliphatic heterocycles. The van der Waals surface area contributed by atoms with Gasteiger partial charge in [-0.3, -0.25) is 0 Å². The molecular weight excluding hydrogens is 469 g/mol. The first-order valence-corrected chi connectivity index (χ1v) is 11.0. The molecule has 0 fully saturated rings. The molecule has 0 radical (unpaired) electrons. The Kier molecular flexibility index (Phi) is 10.4. The molecule has 156 valence electrons. The maximum absolute atomic E-state index is 11.6. The largest absolute Gasteiger partial charge is 0.322 e. The van der Waals surface area contributed by atoms with Crippen molar-refractivity contribution in [2.45, 2.75) is 25.9 Å². The van der Waals surface area contributed by atoms with Crippen LogP contribution in [-0.4, -0.2) is 14.7 Å². The number of rotatable bonds is 5. The number of nitrogens with one attached hydrogen (secondary N) is 1. The van der Waals surface area contributed by atoms with Crippen LogP contribution in [0, 0.1) is 13.8 Å². The zero-order chi connectivity index (χ0) is 20.6. The SMILES string of the molecule is CS(=O)(=O)N[C@@H](c1ccccc1)[C@@H](N)c1ccccc1.Cc1ccccc1C.[Ru]. The summed E-state index contributed by atoms with van der Waals surface area (Å²) >= 11 is 0. The smallest absolute Gasteiger partial charge is 0.209 e. The molecule has 0 aliphatic carbocycles. The molecule has 6 heteroatoms. The predicted octanol–water partition coefficient (Wildman–Crippen LogP) is 4.28. The van der Waals surface area contributed by atoms with E-state index in [9.17, 15) is 8.42 Å². The Morgan fingerprint density at radius 3 is 1.48 bits per heavy atom. The second kappa shape index (κ2) is 12.0. The van der Waals surface area contributed by atoms with Crippen molar-refractivity contribution in [1.82, 2.24) is 4.72 Å². The summed E-state index contributed by atoms with van der Waals surface area (Å²) in [5, 5.41) is 0. The van der Waals surface area contributed by atoms with E-state index in [1.807, 2.05) is 60.7 Å². The molecular formula is C23H28N2O2RuS. The summed E-state index contributed by atoms with van der Waals surface area (Å²) in [6, 6.07) is 26.2. The van der Waals surface area contributed by atoms with Gasteiger partial charge in [-0.05, 0) is 36.1 Å². The number of sulfonamides is 1. The molecule has 2 atom stereocenters. The summed E-state index contributed by atoms with van der Waals surface area (Å²) < 4.78 is 25.8.